The third kappa shape index (κ3) is 5.76. The van der Waals surface area contributed by atoms with E-state index >= 15 is 0 Å². The van der Waals surface area contributed by atoms with Crippen molar-refractivity contribution in [2.24, 2.45) is 0 Å². The number of carbonyl (C=O) groups excluding carboxylic acids is 1. The fourth-order valence-corrected chi connectivity index (χ4v) is 3.59. The maximum atomic E-state index is 13.1. The summed E-state index contributed by atoms with van der Waals surface area (Å²) in [7, 11) is 0. The SMILES string of the molecule is O=C(NCCc1ccccc1)c1nc(N2CCOCC2)nc(Nc2cccc(O)c2)c1CO. The number of ether oxygens (including phenoxy) is 1. The molecule has 1 aromatic heterocycles. The molecule has 0 atom stereocenters. The van der Waals surface area contributed by atoms with Crippen LogP contribution in [0.15, 0.2) is 54.6 Å². The first kappa shape index (κ1) is 22.5. The summed E-state index contributed by atoms with van der Waals surface area (Å²) in [5, 5.41) is 25.9. The number of benzene rings is 2. The molecule has 4 rings (SSSR count). The molecule has 2 heterocycles. The number of aromatic hydroxyl groups is 1. The Bertz CT molecular complexity index is 1090. The number of morpholine rings is 1. The van der Waals surface area contributed by atoms with Gasteiger partial charge in [-0.25, -0.2) is 4.98 Å². The van der Waals surface area contributed by atoms with Crippen molar-refractivity contribution in [3.8, 4) is 5.75 Å². The maximum Gasteiger partial charge on any atom is 0.270 e. The van der Waals surface area contributed by atoms with Gasteiger partial charge in [0.05, 0.1) is 25.4 Å². The molecule has 2 aromatic carbocycles. The Morgan fingerprint density at radius 2 is 1.85 bits per heavy atom. The van der Waals surface area contributed by atoms with Gasteiger partial charge in [0.1, 0.15) is 17.3 Å². The van der Waals surface area contributed by atoms with Crippen molar-refractivity contribution < 1.29 is 19.7 Å². The van der Waals surface area contributed by atoms with E-state index in [1.165, 1.54) is 6.07 Å². The normalized spacial score (nSPS) is 13.5. The van der Waals surface area contributed by atoms with E-state index in [1.54, 1.807) is 18.2 Å². The monoisotopic (exact) mass is 449 g/mol. The quantitative estimate of drug-likeness (QED) is 0.413. The Balaban J connectivity index is 1.62. The zero-order chi connectivity index (χ0) is 23.0. The Morgan fingerprint density at radius 3 is 2.58 bits per heavy atom. The zero-order valence-electron chi connectivity index (χ0n) is 18.2. The Kier molecular flexibility index (Phi) is 7.33. The number of aliphatic hydroxyl groups is 1. The van der Waals surface area contributed by atoms with E-state index in [0.29, 0.717) is 56.7 Å². The van der Waals surface area contributed by atoms with Crippen molar-refractivity contribution in [1.82, 2.24) is 15.3 Å². The first-order chi connectivity index (χ1) is 16.1. The molecule has 4 N–H and O–H groups in total. The van der Waals surface area contributed by atoms with Crippen LogP contribution in [-0.2, 0) is 17.8 Å². The molecule has 9 nitrogen and oxygen atoms in total. The van der Waals surface area contributed by atoms with Crippen LogP contribution in [0.1, 0.15) is 21.6 Å². The Morgan fingerprint density at radius 1 is 1.06 bits per heavy atom. The number of amides is 1. The molecule has 0 aliphatic carbocycles. The summed E-state index contributed by atoms with van der Waals surface area (Å²) < 4.78 is 5.42. The number of carbonyl (C=O) groups is 1. The van der Waals surface area contributed by atoms with Crippen molar-refractivity contribution in [3.05, 3.63) is 71.4 Å². The highest BCUT2D eigenvalue weighted by Gasteiger charge is 2.23. The molecule has 0 saturated carbocycles. The standard InChI is InChI=1S/C24H27N5O4/c30-16-20-21(23(32)25-10-9-17-5-2-1-3-6-17)27-24(29-11-13-33-14-12-29)28-22(20)26-18-7-4-8-19(31)15-18/h1-8,15,30-31H,9-14,16H2,(H,25,32)(H,26,27,28). The first-order valence-corrected chi connectivity index (χ1v) is 10.9. The summed E-state index contributed by atoms with van der Waals surface area (Å²) in [5.41, 5.74) is 2.09. The second kappa shape index (κ2) is 10.8. The average Bonchev–Trinajstić information content (AvgIpc) is 2.85. The topological polar surface area (TPSA) is 120 Å². The minimum Gasteiger partial charge on any atom is -0.508 e. The second-order valence-corrected chi connectivity index (χ2v) is 7.62. The molecule has 0 spiro atoms. The van der Waals surface area contributed by atoms with Crippen LogP contribution in [0.3, 0.4) is 0 Å². The van der Waals surface area contributed by atoms with Crippen LogP contribution >= 0.6 is 0 Å². The Labute approximate surface area is 192 Å². The van der Waals surface area contributed by atoms with Gasteiger partial charge in [-0.1, -0.05) is 36.4 Å². The predicted molar refractivity (Wildman–Crippen MR) is 125 cm³/mol. The van der Waals surface area contributed by atoms with Crippen molar-refractivity contribution in [2.75, 3.05) is 43.1 Å². The molecule has 1 saturated heterocycles. The maximum absolute atomic E-state index is 13.1. The molecule has 1 aliphatic rings. The van der Waals surface area contributed by atoms with E-state index in [1.807, 2.05) is 35.2 Å². The molecular weight excluding hydrogens is 422 g/mol. The summed E-state index contributed by atoms with van der Waals surface area (Å²) in [4.78, 5) is 24.1. The summed E-state index contributed by atoms with van der Waals surface area (Å²) in [6.45, 7) is 2.28. The summed E-state index contributed by atoms with van der Waals surface area (Å²) in [6.07, 6.45) is 0.677. The molecule has 1 fully saturated rings. The molecule has 1 aliphatic heterocycles. The predicted octanol–water partition coefficient (Wildman–Crippen LogP) is 2.23. The van der Waals surface area contributed by atoms with E-state index in [2.05, 4.69) is 20.6 Å². The van der Waals surface area contributed by atoms with Gasteiger partial charge in [0.2, 0.25) is 5.95 Å². The minimum absolute atomic E-state index is 0.0897. The minimum atomic E-state index is -0.425. The lowest BCUT2D eigenvalue weighted by molar-refractivity contribution is 0.0945. The van der Waals surface area contributed by atoms with Gasteiger partial charge >= 0.3 is 0 Å². The second-order valence-electron chi connectivity index (χ2n) is 7.62. The first-order valence-electron chi connectivity index (χ1n) is 10.9. The van der Waals surface area contributed by atoms with Gasteiger partial charge < -0.3 is 30.5 Å². The molecule has 3 aromatic rings. The lowest BCUT2D eigenvalue weighted by Crippen LogP contribution is -2.38. The molecule has 33 heavy (non-hydrogen) atoms. The molecule has 1 amide bonds. The molecule has 0 bridgehead atoms. The van der Waals surface area contributed by atoms with Gasteiger partial charge in [-0.3, -0.25) is 4.79 Å². The van der Waals surface area contributed by atoms with Crippen LogP contribution in [0.25, 0.3) is 0 Å². The number of anilines is 3. The molecule has 0 unspecified atom stereocenters. The number of aliphatic hydroxyl groups excluding tert-OH is 1. The van der Waals surface area contributed by atoms with Crippen LogP contribution in [-0.4, -0.2) is 58.9 Å². The van der Waals surface area contributed by atoms with Gasteiger partial charge in [0, 0.05) is 31.4 Å². The van der Waals surface area contributed by atoms with E-state index in [0.717, 1.165) is 5.56 Å². The number of phenolic OH excluding ortho intramolecular Hbond substituents is 1. The number of nitrogens with zero attached hydrogens (tertiary/aromatic N) is 3. The molecule has 172 valence electrons. The Hall–Kier alpha value is -3.69. The average molecular weight is 450 g/mol. The lowest BCUT2D eigenvalue weighted by atomic mass is 10.1. The van der Waals surface area contributed by atoms with Gasteiger partial charge in [-0.05, 0) is 24.1 Å². The molecule has 9 heteroatoms. The van der Waals surface area contributed by atoms with Crippen molar-refractivity contribution in [1.29, 1.82) is 0 Å². The number of hydrogen-bond donors (Lipinski definition) is 4. The van der Waals surface area contributed by atoms with Crippen molar-refractivity contribution in [2.45, 2.75) is 13.0 Å². The molecule has 0 radical (unpaired) electrons. The van der Waals surface area contributed by atoms with Crippen LogP contribution in [0.5, 0.6) is 5.75 Å². The van der Waals surface area contributed by atoms with E-state index in [-0.39, 0.29) is 22.9 Å². The summed E-state index contributed by atoms with van der Waals surface area (Å²) >= 11 is 0. The van der Waals surface area contributed by atoms with Crippen LogP contribution in [0, 0.1) is 0 Å². The number of nitrogens with one attached hydrogen (secondary N) is 2. The fourth-order valence-electron chi connectivity index (χ4n) is 3.59. The van der Waals surface area contributed by atoms with Crippen molar-refractivity contribution >= 4 is 23.4 Å². The lowest BCUT2D eigenvalue weighted by Gasteiger charge is -2.28. The smallest absolute Gasteiger partial charge is 0.270 e. The fraction of sp³-hybridized carbons (Fsp3) is 0.292. The highest BCUT2D eigenvalue weighted by Crippen LogP contribution is 2.26. The third-order valence-electron chi connectivity index (χ3n) is 5.31. The van der Waals surface area contributed by atoms with Gasteiger partial charge in [0.25, 0.3) is 5.91 Å². The van der Waals surface area contributed by atoms with Gasteiger partial charge in [-0.15, -0.1) is 0 Å². The van der Waals surface area contributed by atoms with Gasteiger partial charge in [0.15, 0.2) is 0 Å². The number of hydrogen-bond acceptors (Lipinski definition) is 8. The highest BCUT2D eigenvalue weighted by atomic mass is 16.5. The summed E-state index contributed by atoms with van der Waals surface area (Å²) in [6, 6.07) is 16.4. The van der Waals surface area contributed by atoms with E-state index in [9.17, 15) is 15.0 Å². The molecular formula is C24H27N5O4. The van der Waals surface area contributed by atoms with Crippen molar-refractivity contribution in [3.63, 3.8) is 0 Å². The van der Waals surface area contributed by atoms with E-state index in [4.69, 9.17) is 4.74 Å². The zero-order valence-corrected chi connectivity index (χ0v) is 18.2. The number of aromatic nitrogens is 2. The largest absolute Gasteiger partial charge is 0.508 e. The van der Waals surface area contributed by atoms with Crippen LogP contribution in [0.4, 0.5) is 17.5 Å². The van der Waals surface area contributed by atoms with Crippen LogP contribution in [0.2, 0.25) is 0 Å². The van der Waals surface area contributed by atoms with E-state index < -0.39 is 6.61 Å². The van der Waals surface area contributed by atoms with Gasteiger partial charge in [-0.2, -0.15) is 4.98 Å². The third-order valence-corrected chi connectivity index (χ3v) is 5.31. The van der Waals surface area contributed by atoms with Crippen LogP contribution < -0.4 is 15.5 Å². The summed E-state index contributed by atoms with van der Waals surface area (Å²) in [5.74, 6) is 0.400. The number of rotatable bonds is 8. The highest BCUT2D eigenvalue weighted by molar-refractivity contribution is 5.95. The number of phenols is 1.